The molecule has 0 radical (unpaired) electrons. The van der Waals surface area contributed by atoms with Crippen molar-refractivity contribution in [3.63, 3.8) is 0 Å². The van der Waals surface area contributed by atoms with Gasteiger partial charge in [-0.3, -0.25) is 4.79 Å². The Bertz CT molecular complexity index is 287. The van der Waals surface area contributed by atoms with E-state index in [1.807, 2.05) is 0 Å². The van der Waals surface area contributed by atoms with E-state index in [1.165, 1.54) is 26.2 Å². The van der Waals surface area contributed by atoms with Crippen molar-refractivity contribution in [2.75, 3.05) is 6.61 Å². The molecule has 1 aliphatic rings. The van der Waals surface area contributed by atoms with Crippen LogP contribution in [0.25, 0.3) is 0 Å². The summed E-state index contributed by atoms with van der Waals surface area (Å²) in [6.07, 6.45) is 5.56. The topological polar surface area (TPSA) is 75.6 Å². The quantitative estimate of drug-likeness (QED) is 0.757. The molecule has 1 amide bonds. The second-order valence-electron chi connectivity index (χ2n) is 5.06. The van der Waals surface area contributed by atoms with Crippen molar-refractivity contribution in [1.29, 1.82) is 0 Å². The van der Waals surface area contributed by atoms with Gasteiger partial charge in [0, 0.05) is 13.5 Å². The lowest BCUT2D eigenvalue weighted by Crippen LogP contribution is -2.48. The molecule has 0 saturated heterocycles. The number of amides is 1. The summed E-state index contributed by atoms with van der Waals surface area (Å²) in [5.74, 6) is -0.871. The SMILES string of the molecule is CC(=O)NC(C(=O)O)C(C)OCC1CCCCC1. The van der Waals surface area contributed by atoms with Gasteiger partial charge < -0.3 is 15.2 Å². The Balaban J connectivity index is 2.37. The third kappa shape index (κ3) is 5.04. The van der Waals surface area contributed by atoms with Crippen LogP contribution in [0.15, 0.2) is 0 Å². The first-order valence-electron chi connectivity index (χ1n) is 6.62. The molecule has 0 spiro atoms. The largest absolute Gasteiger partial charge is 0.480 e. The zero-order chi connectivity index (χ0) is 13.5. The molecule has 0 aromatic heterocycles. The van der Waals surface area contributed by atoms with Crippen molar-refractivity contribution < 1.29 is 19.4 Å². The Morgan fingerprint density at radius 1 is 1.33 bits per heavy atom. The van der Waals surface area contributed by atoms with Crippen LogP contribution in [0, 0.1) is 5.92 Å². The van der Waals surface area contributed by atoms with Crippen LogP contribution in [0.1, 0.15) is 46.0 Å². The van der Waals surface area contributed by atoms with Gasteiger partial charge in [-0.2, -0.15) is 0 Å². The van der Waals surface area contributed by atoms with Gasteiger partial charge in [0.1, 0.15) is 0 Å². The van der Waals surface area contributed by atoms with Gasteiger partial charge in [-0.1, -0.05) is 19.3 Å². The normalized spacial score (nSPS) is 20.1. The number of rotatable bonds is 6. The second kappa shape index (κ2) is 7.36. The van der Waals surface area contributed by atoms with E-state index in [0.717, 1.165) is 12.8 Å². The first kappa shape index (κ1) is 15.0. The van der Waals surface area contributed by atoms with Crippen molar-refractivity contribution in [2.24, 2.45) is 5.92 Å². The minimum absolute atomic E-state index is 0.351. The fraction of sp³-hybridized carbons (Fsp3) is 0.846. The highest BCUT2D eigenvalue weighted by Gasteiger charge is 2.27. The van der Waals surface area contributed by atoms with E-state index >= 15 is 0 Å². The number of hydrogen-bond donors (Lipinski definition) is 2. The van der Waals surface area contributed by atoms with E-state index in [9.17, 15) is 9.59 Å². The third-order valence-electron chi connectivity index (χ3n) is 3.41. The van der Waals surface area contributed by atoms with E-state index in [-0.39, 0.29) is 5.91 Å². The average Bonchev–Trinajstić information content (AvgIpc) is 2.34. The van der Waals surface area contributed by atoms with Crippen LogP contribution in [0.4, 0.5) is 0 Å². The monoisotopic (exact) mass is 257 g/mol. The molecule has 18 heavy (non-hydrogen) atoms. The molecular weight excluding hydrogens is 234 g/mol. The number of carboxylic acids is 1. The summed E-state index contributed by atoms with van der Waals surface area (Å²) in [6, 6.07) is -0.967. The van der Waals surface area contributed by atoms with Gasteiger partial charge in [0.05, 0.1) is 6.10 Å². The Kier molecular flexibility index (Phi) is 6.12. The van der Waals surface area contributed by atoms with Crippen molar-refractivity contribution >= 4 is 11.9 Å². The Morgan fingerprint density at radius 2 is 1.94 bits per heavy atom. The minimum atomic E-state index is -1.05. The molecule has 0 aliphatic heterocycles. The highest BCUT2D eigenvalue weighted by atomic mass is 16.5. The minimum Gasteiger partial charge on any atom is -0.480 e. The summed E-state index contributed by atoms with van der Waals surface area (Å²) in [5, 5.41) is 11.4. The molecular formula is C13H23NO4. The number of carbonyl (C=O) groups excluding carboxylic acids is 1. The van der Waals surface area contributed by atoms with Crippen molar-refractivity contribution in [2.45, 2.75) is 58.1 Å². The fourth-order valence-corrected chi connectivity index (χ4v) is 2.34. The number of aliphatic carboxylic acids is 1. The maximum absolute atomic E-state index is 11.0. The van der Waals surface area contributed by atoms with Gasteiger partial charge in [0.25, 0.3) is 0 Å². The molecule has 2 N–H and O–H groups in total. The molecule has 0 bridgehead atoms. The van der Waals surface area contributed by atoms with Gasteiger partial charge in [0.15, 0.2) is 6.04 Å². The van der Waals surface area contributed by atoms with Gasteiger partial charge >= 0.3 is 5.97 Å². The molecule has 2 unspecified atom stereocenters. The van der Waals surface area contributed by atoms with E-state index in [0.29, 0.717) is 12.5 Å². The molecule has 0 aromatic rings. The van der Waals surface area contributed by atoms with Gasteiger partial charge in [-0.25, -0.2) is 4.79 Å². The van der Waals surface area contributed by atoms with Gasteiger partial charge in [-0.05, 0) is 25.7 Å². The summed E-state index contributed by atoms with van der Waals surface area (Å²) in [7, 11) is 0. The lowest BCUT2D eigenvalue weighted by atomic mass is 9.90. The Hall–Kier alpha value is -1.10. The summed E-state index contributed by atoms with van der Waals surface area (Å²) in [4.78, 5) is 22.0. The van der Waals surface area contributed by atoms with Crippen LogP contribution >= 0.6 is 0 Å². The summed E-state index contributed by atoms with van der Waals surface area (Å²) in [6.45, 7) is 3.59. The molecule has 0 heterocycles. The number of nitrogens with one attached hydrogen (secondary N) is 1. The zero-order valence-corrected chi connectivity index (χ0v) is 11.1. The molecule has 5 nitrogen and oxygen atoms in total. The highest BCUT2D eigenvalue weighted by molar-refractivity contribution is 5.82. The second-order valence-corrected chi connectivity index (χ2v) is 5.06. The maximum Gasteiger partial charge on any atom is 0.328 e. The van der Waals surface area contributed by atoms with Gasteiger partial charge in [0.2, 0.25) is 5.91 Å². The summed E-state index contributed by atoms with van der Waals surface area (Å²) >= 11 is 0. The van der Waals surface area contributed by atoms with Crippen LogP contribution in [0.2, 0.25) is 0 Å². The molecule has 1 fully saturated rings. The number of hydrogen-bond acceptors (Lipinski definition) is 3. The van der Waals surface area contributed by atoms with Crippen LogP contribution in [-0.2, 0) is 14.3 Å². The van der Waals surface area contributed by atoms with Gasteiger partial charge in [-0.15, -0.1) is 0 Å². The third-order valence-corrected chi connectivity index (χ3v) is 3.41. The molecule has 104 valence electrons. The molecule has 1 saturated carbocycles. The standard InChI is InChI=1S/C13H23NO4/c1-9(12(13(16)17)14-10(2)15)18-8-11-6-4-3-5-7-11/h9,11-12H,3-8H2,1-2H3,(H,14,15)(H,16,17). The first-order valence-corrected chi connectivity index (χ1v) is 6.62. The zero-order valence-electron chi connectivity index (χ0n) is 11.1. The van der Waals surface area contributed by atoms with Crippen molar-refractivity contribution in [3.8, 4) is 0 Å². The maximum atomic E-state index is 11.0. The van der Waals surface area contributed by atoms with E-state index in [4.69, 9.17) is 9.84 Å². The predicted molar refractivity (Wildman–Crippen MR) is 67.2 cm³/mol. The van der Waals surface area contributed by atoms with Crippen LogP contribution < -0.4 is 5.32 Å². The molecule has 0 aromatic carbocycles. The van der Waals surface area contributed by atoms with Crippen molar-refractivity contribution in [1.82, 2.24) is 5.32 Å². The average molecular weight is 257 g/mol. The predicted octanol–water partition coefficient (Wildman–Crippen LogP) is 1.56. The molecule has 2 atom stereocenters. The van der Waals surface area contributed by atoms with Crippen LogP contribution in [-0.4, -0.2) is 35.7 Å². The van der Waals surface area contributed by atoms with Crippen molar-refractivity contribution in [3.05, 3.63) is 0 Å². The lowest BCUT2D eigenvalue weighted by molar-refractivity contribution is -0.146. The molecule has 1 aliphatic carbocycles. The van der Waals surface area contributed by atoms with Crippen LogP contribution in [0.3, 0.4) is 0 Å². The smallest absolute Gasteiger partial charge is 0.328 e. The first-order chi connectivity index (χ1) is 8.50. The van der Waals surface area contributed by atoms with E-state index < -0.39 is 18.1 Å². The lowest BCUT2D eigenvalue weighted by Gasteiger charge is -2.26. The number of ether oxygens (including phenoxy) is 1. The Labute approximate surface area is 108 Å². The number of carbonyl (C=O) groups is 2. The fourth-order valence-electron chi connectivity index (χ4n) is 2.34. The van der Waals surface area contributed by atoms with E-state index in [2.05, 4.69) is 5.32 Å². The summed E-state index contributed by atoms with van der Waals surface area (Å²) < 4.78 is 5.61. The Morgan fingerprint density at radius 3 is 2.44 bits per heavy atom. The highest BCUT2D eigenvalue weighted by Crippen LogP contribution is 2.24. The molecule has 1 rings (SSSR count). The van der Waals surface area contributed by atoms with E-state index in [1.54, 1.807) is 6.92 Å². The number of carboxylic acid groups (broad SMARTS) is 1. The van der Waals surface area contributed by atoms with Crippen LogP contribution in [0.5, 0.6) is 0 Å². The molecule has 5 heteroatoms. The summed E-state index contributed by atoms with van der Waals surface area (Å²) in [5.41, 5.74) is 0.